The van der Waals surface area contributed by atoms with E-state index in [2.05, 4.69) is 30.0 Å². The SMILES string of the molecule is CCC1CCN(c2ccc(C)cc2/C=C/C(=O)O)CC1. The molecule has 0 saturated carbocycles. The molecule has 0 amide bonds. The summed E-state index contributed by atoms with van der Waals surface area (Å²) in [6.07, 6.45) is 6.64. The lowest BCUT2D eigenvalue weighted by molar-refractivity contribution is -0.131. The molecule has 1 aliphatic rings. The Morgan fingerprint density at radius 2 is 2.10 bits per heavy atom. The fraction of sp³-hybridized carbons (Fsp3) is 0.471. The van der Waals surface area contributed by atoms with Gasteiger partial charge in [0.25, 0.3) is 0 Å². The van der Waals surface area contributed by atoms with Gasteiger partial charge >= 0.3 is 5.97 Å². The fourth-order valence-electron chi connectivity index (χ4n) is 2.84. The number of benzene rings is 1. The van der Waals surface area contributed by atoms with Crippen molar-refractivity contribution in [3.8, 4) is 0 Å². The van der Waals surface area contributed by atoms with Gasteiger partial charge in [0.2, 0.25) is 0 Å². The van der Waals surface area contributed by atoms with Crippen LogP contribution in [-0.4, -0.2) is 24.2 Å². The molecule has 0 bridgehead atoms. The molecule has 1 aliphatic heterocycles. The lowest BCUT2D eigenvalue weighted by Gasteiger charge is -2.34. The van der Waals surface area contributed by atoms with E-state index in [0.29, 0.717) is 0 Å². The molecule has 3 nitrogen and oxygen atoms in total. The van der Waals surface area contributed by atoms with Crippen molar-refractivity contribution >= 4 is 17.7 Å². The highest BCUT2D eigenvalue weighted by molar-refractivity contribution is 5.87. The zero-order chi connectivity index (χ0) is 14.5. The van der Waals surface area contributed by atoms with Crippen molar-refractivity contribution in [1.82, 2.24) is 0 Å². The molecular formula is C17H23NO2. The Labute approximate surface area is 120 Å². The van der Waals surface area contributed by atoms with Crippen LogP contribution in [0.3, 0.4) is 0 Å². The molecular weight excluding hydrogens is 250 g/mol. The van der Waals surface area contributed by atoms with Crippen molar-refractivity contribution in [3.63, 3.8) is 0 Å². The van der Waals surface area contributed by atoms with Crippen LogP contribution < -0.4 is 4.90 Å². The summed E-state index contributed by atoms with van der Waals surface area (Å²) in [4.78, 5) is 13.1. The van der Waals surface area contributed by atoms with E-state index >= 15 is 0 Å². The summed E-state index contributed by atoms with van der Waals surface area (Å²) >= 11 is 0. The highest BCUT2D eigenvalue weighted by Gasteiger charge is 2.19. The van der Waals surface area contributed by atoms with Gasteiger partial charge in [-0.15, -0.1) is 0 Å². The number of carboxylic acid groups (broad SMARTS) is 1. The summed E-state index contributed by atoms with van der Waals surface area (Å²) in [6.45, 7) is 6.42. The van der Waals surface area contributed by atoms with E-state index in [1.807, 2.05) is 6.92 Å². The van der Waals surface area contributed by atoms with Crippen LogP contribution in [0.25, 0.3) is 6.08 Å². The van der Waals surface area contributed by atoms with E-state index in [4.69, 9.17) is 5.11 Å². The molecule has 1 aromatic carbocycles. The number of piperidine rings is 1. The molecule has 2 rings (SSSR count). The van der Waals surface area contributed by atoms with Crippen molar-refractivity contribution in [2.75, 3.05) is 18.0 Å². The molecule has 0 spiro atoms. The van der Waals surface area contributed by atoms with Crippen molar-refractivity contribution in [1.29, 1.82) is 0 Å². The standard InChI is InChI=1S/C17H23NO2/c1-3-14-8-10-18(11-9-14)16-6-4-13(2)12-15(16)5-7-17(19)20/h4-7,12,14H,3,8-11H2,1-2H3,(H,19,20)/b7-5+. The first-order valence-corrected chi connectivity index (χ1v) is 7.36. The summed E-state index contributed by atoms with van der Waals surface area (Å²) in [6, 6.07) is 6.27. The van der Waals surface area contributed by atoms with E-state index in [1.54, 1.807) is 6.08 Å². The van der Waals surface area contributed by atoms with Gasteiger partial charge in [-0.05, 0) is 49.5 Å². The van der Waals surface area contributed by atoms with Crippen molar-refractivity contribution in [2.24, 2.45) is 5.92 Å². The van der Waals surface area contributed by atoms with Crippen LogP contribution in [0.15, 0.2) is 24.3 Å². The number of rotatable bonds is 4. The van der Waals surface area contributed by atoms with Gasteiger partial charge in [-0.25, -0.2) is 4.79 Å². The van der Waals surface area contributed by atoms with Gasteiger partial charge < -0.3 is 10.0 Å². The molecule has 1 fully saturated rings. The van der Waals surface area contributed by atoms with Gasteiger partial charge in [-0.2, -0.15) is 0 Å². The summed E-state index contributed by atoms with van der Waals surface area (Å²) in [5, 5.41) is 8.81. The molecule has 20 heavy (non-hydrogen) atoms. The van der Waals surface area contributed by atoms with E-state index in [9.17, 15) is 4.79 Å². The Kier molecular flexibility index (Phi) is 4.83. The quantitative estimate of drug-likeness (QED) is 0.850. The Hall–Kier alpha value is -1.77. The Balaban J connectivity index is 2.20. The first-order chi connectivity index (χ1) is 9.60. The second kappa shape index (κ2) is 6.60. The average Bonchev–Trinajstić information content (AvgIpc) is 2.45. The first kappa shape index (κ1) is 14.6. The predicted octanol–water partition coefficient (Wildman–Crippen LogP) is 3.72. The first-order valence-electron chi connectivity index (χ1n) is 7.36. The zero-order valence-corrected chi connectivity index (χ0v) is 12.3. The molecule has 0 aliphatic carbocycles. The number of carbonyl (C=O) groups is 1. The van der Waals surface area contributed by atoms with Crippen LogP contribution in [0.1, 0.15) is 37.3 Å². The number of hydrogen-bond acceptors (Lipinski definition) is 2. The van der Waals surface area contributed by atoms with E-state index < -0.39 is 5.97 Å². The minimum atomic E-state index is -0.901. The van der Waals surface area contributed by atoms with Gasteiger partial charge in [0.15, 0.2) is 0 Å². The second-order valence-corrected chi connectivity index (χ2v) is 5.57. The summed E-state index contributed by atoms with van der Waals surface area (Å²) in [7, 11) is 0. The van der Waals surface area contributed by atoms with Crippen LogP contribution in [0.5, 0.6) is 0 Å². The topological polar surface area (TPSA) is 40.5 Å². The molecule has 3 heteroatoms. The smallest absolute Gasteiger partial charge is 0.328 e. The molecule has 1 saturated heterocycles. The van der Waals surface area contributed by atoms with Crippen molar-refractivity contribution in [3.05, 3.63) is 35.4 Å². The van der Waals surface area contributed by atoms with Gasteiger partial charge in [-0.1, -0.05) is 25.0 Å². The highest BCUT2D eigenvalue weighted by Crippen LogP contribution is 2.29. The van der Waals surface area contributed by atoms with Crippen molar-refractivity contribution < 1.29 is 9.90 Å². The van der Waals surface area contributed by atoms with Crippen LogP contribution in [0.4, 0.5) is 5.69 Å². The maximum absolute atomic E-state index is 10.7. The number of anilines is 1. The van der Waals surface area contributed by atoms with Crippen LogP contribution in [0, 0.1) is 12.8 Å². The van der Waals surface area contributed by atoms with E-state index in [1.165, 1.54) is 25.3 Å². The molecule has 0 radical (unpaired) electrons. The molecule has 0 aromatic heterocycles. The fourth-order valence-corrected chi connectivity index (χ4v) is 2.84. The van der Waals surface area contributed by atoms with Crippen LogP contribution >= 0.6 is 0 Å². The molecule has 0 atom stereocenters. The Morgan fingerprint density at radius 3 is 2.70 bits per heavy atom. The third-order valence-electron chi connectivity index (χ3n) is 4.12. The number of carboxylic acids is 1. The van der Waals surface area contributed by atoms with Gasteiger partial charge in [-0.3, -0.25) is 0 Å². The Morgan fingerprint density at radius 1 is 1.40 bits per heavy atom. The van der Waals surface area contributed by atoms with E-state index in [-0.39, 0.29) is 0 Å². The Bertz CT molecular complexity index is 500. The number of hydrogen-bond donors (Lipinski definition) is 1. The minimum Gasteiger partial charge on any atom is -0.478 e. The van der Waals surface area contributed by atoms with Crippen molar-refractivity contribution in [2.45, 2.75) is 33.1 Å². The molecule has 1 aromatic rings. The molecule has 1 heterocycles. The zero-order valence-electron chi connectivity index (χ0n) is 12.3. The van der Waals surface area contributed by atoms with Gasteiger partial charge in [0.1, 0.15) is 0 Å². The lowest BCUT2D eigenvalue weighted by atomic mass is 9.93. The average molecular weight is 273 g/mol. The highest BCUT2D eigenvalue weighted by atomic mass is 16.4. The largest absolute Gasteiger partial charge is 0.478 e. The van der Waals surface area contributed by atoms with Crippen LogP contribution in [0.2, 0.25) is 0 Å². The summed E-state index contributed by atoms with van der Waals surface area (Å²) in [5.41, 5.74) is 3.31. The van der Waals surface area contributed by atoms with E-state index in [0.717, 1.165) is 35.8 Å². The minimum absolute atomic E-state index is 0.842. The monoisotopic (exact) mass is 273 g/mol. The lowest BCUT2D eigenvalue weighted by Crippen LogP contribution is -2.33. The summed E-state index contributed by atoms with van der Waals surface area (Å²) < 4.78 is 0. The maximum atomic E-state index is 10.7. The summed E-state index contributed by atoms with van der Waals surface area (Å²) in [5.74, 6) is -0.0585. The third kappa shape index (κ3) is 3.62. The molecule has 1 N–H and O–H groups in total. The number of nitrogens with zero attached hydrogens (tertiary/aromatic N) is 1. The third-order valence-corrected chi connectivity index (χ3v) is 4.12. The molecule has 108 valence electrons. The normalized spacial score (nSPS) is 16.8. The van der Waals surface area contributed by atoms with Gasteiger partial charge in [0, 0.05) is 24.9 Å². The molecule has 0 unspecified atom stereocenters. The van der Waals surface area contributed by atoms with Crippen LogP contribution in [-0.2, 0) is 4.79 Å². The number of aliphatic carboxylic acids is 1. The predicted molar refractivity (Wildman–Crippen MR) is 83.1 cm³/mol. The van der Waals surface area contributed by atoms with Gasteiger partial charge in [0.05, 0.1) is 0 Å². The second-order valence-electron chi connectivity index (χ2n) is 5.57. The maximum Gasteiger partial charge on any atom is 0.328 e. The number of aryl methyl sites for hydroxylation is 1.